The Hall–Kier alpha value is -4.74. The number of nitrogens with zero attached hydrogens (tertiary/aromatic N) is 6. The molecule has 1 saturated heterocycles. The molecule has 212 valence electrons. The Morgan fingerprint density at radius 2 is 2.00 bits per heavy atom. The second kappa shape index (κ2) is 10.3. The first-order valence-corrected chi connectivity index (χ1v) is 13.3. The predicted octanol–water partition coefficient (Wildman–Crippen LogP) is 5.22. The van der Waals surface area contributed by atoms with Crippen LogP contribution in [0, 0.1) is 12.7 Å². The molecule has 4 aromatic rings. The summed E-state index contributed by atoms with van der Waals surface area (Å²) in [5.74, 6) is 2.26. The third-order valence-electron chi connectivity index (χ3n) is 6.74. The molecule has 3 aromatic heterocycles. The van der Waals surface area contributed by atoms with Crippen molar-refractivity contribution in [2.75, 3.05) is 36.5 Å². The number of hydrogen-bond acceptors (Lipinski definition) is 10. The molecule has 1 amide bonds. The first kappa shape index (κ1) is 26.5. The molecular weight excluding hydrogens is 529 g/mol. The van der Waals surface area contributed by atoms with Crippen molar-refractivity contribution in [2.45, 2.75) is 39.3 Å². The van der Waals surface area contributed by atoms with Crippen LogP contribution < -0.4 is 19.7 Å². The molecule has 2 aliphatic rings. The van der Waals surface area contributed by atoms with Crippen LogP contribution in [0.25, 0.3) is 11.0 Å². The lowest BCUT2D eigenvalue weighted by Crippen LogP contribution is -2.57. The average Bonchev–Trinajstić information content (AvgIpc) is 3.04. The monoisotopic (exact) mass is 559 g/mol. The van der Waals surface area contributed by atoms with Crippen LogP contribution in [-0.2, 0) is 4.74 Å². The van der Waals surface area contributed by atoms with Gasteiger partial charge in [-0.15, -0.1) is 0 Å². The number of fused-ring (bicyclic) bond motifs is 5. The molecule has 0 aliphatic carbocycles. The van der Waals surface area contributed by atoms with Crippen molar-refractivity contribution < 1.29 is 23.4 Å². The summed E-state index contributed by atoms with van der Waals surface area (Å²) in [5, 5.41) is 3.34. The van der Waals surface area contributed by atoms with Gasteiger partial charge in [-0.3, -0.25) is 9.88 Å². The van der Waals surface area contributed by atoms with E-state index in [0.717, 1.165) is 17.4 Å². The zero-order valence-corrected chi connectivity index (χ0v) is 23.2. The molecule has 5 heterocycles. The Morgan fingerprint density at radius 3 is 2.78 bits per heavy atom. The number of carbonyl (C=O) groups excluding carboxylic acids is 1. The minimum atomic E-state index is -0.575. The van der Waals surface area contributed by atoms with E-state index < -0.39 is 11.4 Å². The first-order chi connectivity index (χ1) is 19.6. The lowest BCUT2D eigenvalue weighted by molar-refractivity contribution is 0.00974. The number of hydrogen-bond donors (Lipinski definition) is 1. The first-order valence-electron chi connectivity index (χ1n) is 13.3. The van der Waals surface area contributed by atoms with E-state index in [2.05, 4.69) is 25.2 Å². The van der Waals surface area contributed by atoms with Crippen molar-refractivity contribution in [3.63, 3.8) is 0 Å². The largest absolute Gasteiger partial charge is 0.487 e. The van der Waals surface area contributed by atoms with Gasteiger partial charge in [0.25, 0.3) is 0 Å². The fourth-order valence-corrected chi connectivity index (χ4v) is 4.87. The lowest BCUT2D eigenvalue weighted by atomic mass is 10.2. The normalized spacial score (nSPS) is 16.5. The summed E-state index contributed by atoms with van der Waals surface area (Å²) in [7, 11) is 0. The zero-order chi connectivity index (χ0) is 28.7. The van der Waals surface area contributed by atoms with Gasteiger partial charge >= 0.3 is 6.09 Å². The Bertz CT molecular complexity index is 1630. The quantitative estimate of drug-likeness (QED) is 0.357. The summed E-state index contributed by atoms with van der Waals surface area (Å²) in [5.41, 5.74) is 2.24. The Morgan fingerprint density at radius 1 is 1.15 bits per heavy atom. The van der Waals surface area contributed by atoms with Crippen molar-refractivity contribution in [3.05, 3.63) is 60.4 Å². The van der Waals surface area contributed by atoms with Crippen molar-refractivity contribution >= 4 is 34.4 Å². The highest BCUT2D eigenvalue weighted by Gasteiger charge is 2.37. The van der Waals surface area contributed by atoms with Gasteiger partial charge in [0, 0.05) is 37.5 Å². The number of amides is 1. The molecule has 2 aliphatic heterocycles. The molecule has 0 saturated carbocycles. The van der Waals surface area contributed by atoms with E-state index in [0.29, 0.717) is 66.2 Å². The average molecular weight is 560 g/mol. The van der Waals surface area contributed by atoms with Crippen LogP contribution in [-0.4, -0.2) is 68.8 Å². The third-order valence-corrected chi connectivity index (χ3v) is 6.74. The lowest BCUT2D eigenvalue weighted by Gasteiger charge is -2.39. The van der Waals surface area contributed by atoms with Crippen LogP contribution in [0.1, 0.15) is 26.3 Å². The van der Waals surface area contributed by atoms with Crippen molar-refractivity contribution in [3.8, 4) is 17.2 Å². The number of piperazine rings is 1. The van der Waals surface area contributed by atoms with Gasteiger partial charge < -0.3 is 24.4 Å². The number of nitrogens with one attached hydrogen (secondary N) is 1. The topological polar surface area (TPSA) is 115 Å². The molecule has 1 atom stereocenters. The van der Waals surface area contributed by atoms with E-state index in [4.69, 9.17) is 19.2 Å². The van der Waals surface area contributed by atoms with E-state index in [-0.39, 0.29) is 12.1 Å². The van der Waals surface area contributed by atoms with Crippen LogP contribution in [0.3, 0.4) is 0 Å². The standard InChI is InChI=1S/C29H30FN7O4/c1-17-9-19(5-6-23(17)40-21-10-18(30)12-31-13-21)34-26-25-22(32-16-33-26)11-24-27(35-25)36-7-8-37(20(14-36)15-39-24)28(38)41-29(2,3)4/h5-6,9-13,16,20H,7-8,14-15H2,1-4H3,(H,32,33,34)/t20-/m0/s1. The molecular formula is C29H30FN7O4. The van der Waals surface area contributed by atoms with E-state index >= 15 is 0 Å². The predicted molar refractivity (Wildman–Crippen MR) is 150 cm³/mol. The third kappa shape index (κ3) is 5.63. The van der Waals surface area contributed by atoms with Gasteiger partial charge in [-0.05, 0) is 51.5 Å². The van der Waals surface area contributed by atoms with Gasteiger partial charge in [0.2, 0.25) is 0 Å². The number of ether oxygens (including phenoxy) is 3. The summed E-state index contributed by atoms with van der Waals surface area (Å²) < 4.78 is 31.1. The Labute approximate surface area is 236 Å². The molecule has 0 spiro atoms. The Balaban J connectivity index is 1.24. The molecule has 0 radical (unpaired) electrons. The second-order valence-corrected chi connectivity index (χ2v) is 11.0. The summed E-state index contributed by atoms with van der Waals surface area (Å²) in [6.07, 6.45) is 3.71. The fraction of sp³-hybridized carbons (Fsp3) is 0.345. The summed E-state index contributed by atoms with van der Waals surface area (Å²) in [4.78, 5) is 34.3. The molecule has 0 unspecified atom stereocenters. The molecule has 12 heteroatoms. The van der Waals surface area contributed by atoms with Crippen molar-refractivity contribution in [1.82, 2.24) is 24.8 Å². The Kier molecular flexibility index (Phi) is 6.68. The highest BCUT2D eigenvalue weighted by atomic mass is 19.1. The smallest absolute Gasteiger partial charge is 0.410 e. The molecule has 1 fully saturated rings. The van der Waals surface area contributed by atoms with Gasteiger partial charge in [0.1, 0.15) is 41.4 Å². The van der Waals surface area contributed by atoms with Crippen LogP contribution in [0.2, 0.25) is 0 Å². The maximum Gasteiger partial charge on any atom is 0.410 e. The van der Waals surface area contributed by atoms with Gasteiger partial charge in [0.05, 0.1) is 24.0 Å². The van der Waals surface area contributed by atoms with Gasteiger partial charge in [-0.1, -0.05) is 0 Å². The van der Waals surface area contributed by atoms with E-state index in [1.807, 2.05) is 45.9 Å². The van der Waals surface area contributed by atoms with Crippen LogP contribution in [0.15, 0.2) is 49.1 Å². The van der Waals surface area contributed by atoms with Gasteiger partial charge in [0.15, 0.2) is 17.4 Å². The molecule has 41 heavy (non-hydrogen) atoms. The number of rotatable bonds is 4. The number of aryl methyl sites for hydroxylation is 1. The SMILES string of the molecule is Cc1cc(Nc2ncnc3cc4c(nc23)N2CCN(C(=O)OC(C)(C)C)[C@H](CO4)C2)ccc1Oc1cncc(F)c1. The van der Waals surface area contributed by atoms with Crippen LogP contribution in [0.4, 0.5) is 26.5 Å². The van der Waals surface area contributed by atoms with Gasteiger partial charge in [-0.25, -0.2) is 24.1 Å². The number of aromatic nitrogens is 4. The van der Waals surface area contributed by atoms with E-state index in [1.165, 1.54) is 18.6 Å². The molecule has 2 bridgehead atoms. The van der Waals surface area contributed by atoms with E-state index in [9.17, 15) is 9.18 Å². The number of anilines is 3. The minimum Gasteiger partial charge on any atom is -0.487 e. The minimum absolute atomic E-state index is 0.175. The van der Waals surface area contributed by atoms with Crippen molar-refractivity contribution in [1.29, 1.82) is 0 Å². The van der Waals surface area contributed by atoms with Crippen molar-refractivity contribution in [2.24, 2.45) is 0 Å². The van der Waals surface area contributed by atoms with Crippen LogP contribution >= 0.6 is 0 Å². The summed E-state index contributed by atoms with van der Waals surface area (Å²) >= 11 is 0. The number of benzene rings is 1. The van der Waals surface area contributed by atoms with Gasteiger partial charge in [-0.2, -0.15) is 0 Å². The zero-order valence-electron chi connectivity index (χ0n) is 23.2. The maximum absolute atomic E-state index is 13.5. The number of carbonyl (C=O) groups is 1. The maximum atomic E-state index is 13.5. The number of halogens is 1. The molecule has 1 N–H and O–H groups in total. The fourth-order valence-electron chi connectivity index (χ4n) is 4.87. The van der Waals surface area contributed by atoms with Crippen LogP contribution in [0.5, 0.6) is 17.2 Å². The summed E-state index contributed by atoms with van der Waals surface area (Å²) in [6, 6.07) is 8.51. The number of pyridine rings is 2. The molecule has 6 rings (SSSR count). The van der Waals surface area contributed by atoms with E-state index in [1.54, 1.807) is 11.0 Å². The second-order valence-electron chi connectivity index (χ2n) is 11.0. The summed E-state index contributed by atoms with van der Waals surface area (Å²) in [6.45, 7) is 9.45. The molecule has 1 aromatic carbocycles. The molecule has 11 nitrogen and oxygen atoms in total. The highest BCUT2D eigenvalue weighted by molar-refractivity contribution is 5.90. The highest BCUT2D eigenvalue weighted by Crippen LogP contribution is 2.36.